The number of rotatable bonds is 5. The van der Waals surface area contributed by atoms with Crippen molar-refractivity contribution in [2.45, 2.75) is 13.8 Å². The Bertz CT molecular complexity index is 933. The van der Waals surface area contributed by atoms with Crippen LogP contribution in [0.4, 0.5) is 5.13 Å². The predicted octanol–water partition coefficient (Wildman–Crippen LogP) is 3.53. The zero-order valence-electron chi connectivity index (χ0n) is 14.9. The van der Waals surface area contributed by atoms with Gasteiger partial charge in [0.1, 0.15) is 10.6 Å². The van der Waals surface area contributed by atoms with E-state index >= 15 is 0 Å². The van der Waals surface area contributed by atoms with E-state index in [2.05, 4.69) is 15.3 Å². The molecule has 0 unspecified atom stereocenters. The summed E-state index contributed by atoms with van der Waals surface area (Å²) in [5.41, 5.74) is 1.44. The number of methoxy groups -OCH3 is 1. The first-order valence-corrected chi connectivity index (χ1v) is 9.71. The van der Waals surface area contributed by atoms with E-state index in [0.29, 0.717) is 32.4 Å². The Kier molecular flexibility index (Phi) is 5.92. The highest BCUT2D eigenvalue weighted by molar-refractivity contribution is 8.18. The van der Waals surface area contributed by atoms with Crippen molar-refractivity contribution in [2.75, 3.05) is 13.7 Å². The van der Waals surface area contributed by atoms with Crippen molar-refractivity contribution in [3.8, 4) is 5.75 Å². The summed E-state index contributed by atoms with van der Waals surface area (Å²) in [7, 11) is 1.60. The summed E-state index contributed by atoms with van der Waals surface area (Å²) < 4.78 is 10.1. The summed E-state index contributed by atoms with van der Waals surface area (Å²) in [4.78, 5) is 33.6. The van der Waals surface area contributed by atoms with Crippen LogP contribution in [0.15, 0.2) is 34.2 Å². The molecule has 0 bridgehead atoms. The van der Waals surface area contributed by atoms with Crippen molar-refractivity contribution in [1.29, 1.82) is 0 Å². The van der Waals surface area contributed by atoms with E-state index in [1.54, 1.807) is 27.0 Å². The van der Waals surface area contributed by atoms with E-state index in [1.165, 1.54) is 11.8 Å². The second-order valence-corrected chi connectivity index (χ2v) is 7.39. The molecule has 1 saturated heterocycles. The van der Waals surface area contributed by atoms with Crippen LogP contribution in [0.2, 0.25) is 0 Å². The first-order chi connectivity index (χ1) is 13.0. The first-order valence-electron chi connectivity index (χ1n) is 8.08. The quantitative estimate of drug-likeness (QED) is 0.607. The molecule has 1 aliphatic heterocycles. The Morgan fingerprint density at radius 2 is 2.07 bits per heavy atom. The van der Waals surface area contributed by atoms with Crippen LogP contribution >= 0.6 is 23.1 Å². The third kappa shape index (κ3) is 4.55. The average molecular weight is 403 g/mol. The largest absolute Gasteiger partial charge is 0.497 e. The molecule has 0 spiro atoms. The van der Waals surface area contributed by atoms with Gasteiger partial charge in [0.15, 0.2) is 5.17 Å². The van der Waals surface area contributed by atoms with Gasteiger partial charge in [-0.3, -0.25) is 4.79 Å². The summed E-state index contributed by atoms with van der Waals surface area (Å²) in [6, 6.07) is 7.39. The lowest BCUT2D eigenvalue weighted by molar-refractivity contribution is -0.115. The minimum absolute atomic E-state index is 0.228. The summed E-state index contributed by atoms with van der Waals surface area (Å²) in [6.07, 6.45) is 1.78. The average Bonchev–Trinajstić information content (AvgIpc) is 3.18. The van der Waals surface area contributed by atoms with Gasteiger partial charge in [-0.05, 0) is 49.4 Å². The number of thioether (sulfide) groups is 1. The van der Waals surface area contributed by atoms with E-state index in [1.807, 2.05) is 24.3 Å². The van der Waals surface area contributed by atoms with Gasteiger partial charge in [-0.15, -0.1) is 0 Å². The number of nitrogens with zero attached hydrogens (tertiary/aromatic N) is 2. The standard InChI is InChI=1S/C18H17N3O4S2/c1-4-25-16(23)14-10(2)19-17(27-14)21-18-20-15(22)13(26-18)9-11-5-7-12(24-3)8-6-11/h5-9H,4H2,1-3H3,(H,19,20,21,22)/b13-9-. The maximum Gasteiger partial charge on any atom is 0.350 e. The van der Waals surface area contributed by atoms with Gasteiger partial charge >= 0.3 is 5.97 Å². The van der Waals surface area contributed by atoms with Gasteiger partial charge < -0.3 is 14.8 Å². The van der Waals surface area contributed by atoms with E-state index in [0.717, 1.165) is 22.6 Å². The number of aliphatic imine (C=N–C) groups is 1. The monoisotopic (exact) mass is 403 g/mol. The molecule has 1 N–H and O–H groups in total. The van der Waals surface area contributed by atoms with Crippen molar-refractivity contribution in [3.05, 3.63) is 45.3 Å². The molecule has 9 heteroatoms. The van der Waals surface area contributed by atoms with Crippen LogP contribution < -0.4 is 10.1 Å². The number of ether oxygens (including phenoxy) is 2. The minimum atomic E-state index is -0.415. The molecule has 0 aliphatic carbocycles. The number of nitrogens with one attached hydrogen (secondary N) is 1. The zero-order chi connectivity index (χ0) is 19.4. The van der Waals surface area contributed by atoms with Gasteiger partial charge in [0.2, 0.25) is 5.13 Å². The molecule has 1 amide bonds. The number of esters is 1. The summed E-state index contributed by atoms with van der Waals surface area (Å²) in [5, 5.41) is 3.52. The molecule has 0 radical (unpaired) electrons. The predicted molar refractivity (Wildman–Crippen MR) is 107 cm³/mol. The van der Waals surface area contributed by atoms with E-state index in [-0.39, 0.29) is 5.91 Å². The number of carbonyl (C=O) groups excluding carboxylic acids is 2. The second kappa shape index (κ2) is 8.36. The van der Waals surface area contributed by atoms with Crippen molar-refractivity contribution in [2.24, 2.45) is 4.99 Å². The molecular formula is C18H17N3O4S2. The molecular weight excluding hydrogens is 386 g/mol. The molecule has 140 valence electrons. The maximum atomic E-state index is 12.2. The molecule has 7 nitrogen and oxygen atoms in total. The Hall–Kier alpha value is -2.65. The number of carbonyl (C=O) groups is 2. The van der Waals surface area contributed by atoms with Crippen molar-refractivity contribution < 1.29 is 19.1 Å². The molecule has 0 saturated carbocycles. The smallest absolute Gasteiger partial charge is 0.350 e. The number of thiazole rings is 1. The fourth-order valence-electron chi connectivity index (χ4n) is 2.23. The fourth-order valence-corrected chi connectivity index (χ4v) is 3.95. The molecule has 1 aromatic heterocycles. The highest BCUT2D eigenvalue weighted by Crippen LogP contribution is 2.31. The highest BCUT2D eigenvalue weighted by Gasteiger charge is 2.25. The van der Waals surface area contributed by atoms with Gasteiger partial charge in [-0.1, -0.05) is 23.5 Å². The maximum absolute atomic E-state index is 12.2. The normalized spacial score (nSPS) is 16.6. The van der Waals surface area contributed by atoms with Crippen LogP contribution in [-0.2, 0) is 9.53 Å². The third-order valence-corrected chi connectivity index (χ3v) is 5.45. The van der Waals surface area contributed by atoms with Gasteiger partial charge in [-0.25, -0.2) is 9.78 Å². The summed E-state index contributed by atoms with van der Waals surface area (Å²) in [5.74, 6) is 0.107. The SMILES string of the molecule is CCOC(=O)c1sc(/N=C2\NC(=O)/C(=C/c3ccc(OC)cc3)S2)nc1C. The molecule has 1 aromatic carbocycles. The number of benzene rings is 1. The number of aromatic nitrogens is 1. The van der Waals surface area contributed by atoms with E-state index in [9.17, 15) is 9.59 Å². The lowest BCUT2D eigenvalue weighted by Crippen LogP contribution is -2.19. The Balaban J connectivity index is 1.77. The molecule has 1 aliphatic rings. The molecule has 2 heterocycles. The van der Waals surface area contributed by atoms with Crippen molar-refractivity contribution >= 4 is 51.4 Å². The Morgan fingerprint density at radius 1 is 1.33 bits per heavy atom. The number of hydrogen-bond acceptors (Lipinski definition) is 8. The molecule has 3 rings (SSSR count). The van der Waals surface area contributed by atoms with Crippen LogP contribution in [0, 0.1) is 6.92 Å². The Morgan fingerprint density at radius 3 is 2.74 bits per heavy atom. The van der Waals surface area contributed by atoms with Gasteiger partial charge in [0, 0.05) is 0 Å². The van der Waals surface area contributed by atoms with E-state index < -0.39 is 5.97 Å². The number of aryl methyl sites for hydroxylation is 1. The summed E-state index contributed by atoms with van der Waals surface area (Å²) >= 11 is 2.36. The minimum Gasteiger partial charge on any atom is -0.497 e. The van der Waals surface area contributed by atoms with Crippen LogP contribution in [0.25, 0.3) is 6.08 Å². The van der Waals surface area contributed by atoms with Crippen LogP contribution in [0.3, 0.4) is 0 Å². The topological polar surface area (TPSA) is 89.9 Å². The van der Waals surface area contributed by atoms with Gasteiger partial charge in [0.25, 0.3) is 5.91 Å². The lowest BCUT2D eigenvalue weighted by atomic mass is 10.2. The molecule has 27 heavy (non-hydrogen) atoms. The number of amides is 1. The van der Waals surface area contributed by atoms with Crippen molar-refractivity contribution in [1.82, 2.24) is 10.3 Å². The van der Waals surface area contributed by atoms with Crippen LogP contribution in [-0.4, -0.2) is 35.7 Å². The first kappa shape index (κ1) is 19.1. The second-order valence-electron chi connectivity index (χ2n) is 5.39. The van der Waals surface area contributed by atoms with Gasteiger partial charge in [0.05, 0.1) is 24.3 Å². The molecule has 0 atom stereocenters. The number of amidine groups is 1. The number of hydrogen-bond donors (Lipinski definition) is 1. The Labute approximate surface area is 164 Å². The summed E-state index contributed by atoms with van der Waals surface area (Å²) in [6.45, 7) is 3.77. The highest BCUT2D eigenvalue weighted by atomic mass is 32.2. The van der Waals surface area contributed by atoms with E-state index in [4.69, 9.17) is 9.47 Å². The lowest BCUT2D eigenvalue weighted by Gasteiger charge is -1.99. The molecule has 2 aromatic rings. The van der Waals surface area contributed by atoms with Crippen LogP contribution in [0.1, 0.15) is 27.9 Å². The van der Waals surface area contributed by atoms with Gasteiger partial charge in [-0.2, -0.15) is 4.99 Å². The fraction of sp³-hybridized carbons (Fsp3) is 0.222. The molecule has 1 fully saturated rings. The van der Waals surface area contributed by atoms with Crippen molar-refractivity contribution in [3.63, 3.8) is 0 Å². The zero-order valence-corrected chi connectivity index (χ0v) is 16.6. The van der Waals surface area contributed by atoms with Crippen LogP contribution in [0.5, 0.6) is 5.75 Å². The third-order valence-electron chi connectivity index (χ3n) is 3.51.